The highest BCUT2D eigenvalue weighted by atomic mass is 79.9. The molecule has 1 atom stereocenters. The van der Waals surface area contributed by atoms with E-state index in [-0.39, 0.29) is 19.3 Å². The summed E-state index contributed by atoms with van der Waals surface area (Å²) in [6.07, 6.45) is 0.358. The van der Waals surface area contributed by atoms with Gasteiger partial charge in [-0.25, -0.2) is 4.79 Å². The number of hydrogen-bond donors (Lipinski definition) is 1. The fourth-order valence-electron chi connectivity index (χ4n) is 2.18. The number of carbonyl (C=O) groups is 1. The number of ether oxygens (including phenoxy) is 1. The molecule has 0 amide bonds. The predicted molar refractivity (Wildman–Crippen MR) is 92.0 cm³/mol. The van der Waals surface area contributed by atoms with Gasteiger partial charge in [0, 0.05) is 6.61 Å². The second-order valence-corrected chi connectivity index (χ2v) is 6.39. The van der Waals surface area contributed by atoms with Gasteiger partial charge in [0.15, 0.2) is 0 Å². The Balaban J connectivity index is 2.17. The van der Waals surface area contributed by atoms with Crippen molar-refractivity contribution < 1.29 is 14.6 Å². The molecule has 1 heterocycles. The van der Waals surface area contributed by atoms with Gasteiger partial charge in [-0.05, 0) is 56.5 Å². The number of hydrogen-bond acceptors (Lipinski definition) is 4. The second kappa shape index (κ2) is 8.29. The van der Waals surface area contributed by atoms with Crippen molar-refractivity contribution in [2.75, 3.05) is 13.2 Å². The summed E-state index contributed by atoms with van der Waals surface area (Å²) in [4.78, 5) is 12.0. The van der Waals surface area contributed by atoms with Gasteiger partial charge in [-0.1, -0.05) is 18.2 Å². The zero-order valence-electron chi connectivity index (χ0n) is 12.1. The standard InChI is InChI=1S/C16H14Br2N2O3/c17-14-8-13(9-19)20(15(14)18)12(6-7-21)10-23-16(22)11-4-2-1-3-5-11/h1-5,8,12,21H,6-7,10H2/t12-/m0/s1. The molecule has 7 heteroatoms. The molecule has 0 bridgehead atoms. The van der Waals surface area contributed by atoms with Crippen molar-refractivity contribution in [2.24, 2.45) is 0 Å². The van der Waals surface area contributed by atoms with Crippen LogP contribution in [0, 0.1) is 11.3 Å². The lowest BCUT2D eigenvalue weighted by Gasteiger charge is -2.20. The van der Waals surface area contributed by atoms with Crippen LogP contribution in [0.15, 0.2) is 45.5 Å². The number of aliphatic hydroxyl groups excluding tert-OH is 1. The van der Waals surface area contributed by atoms with Gasteiger partial charge < -0.3 is 14.4 Å². The zero-order valence-corrected chi connectivity index (χ0v) is 15.2. The number of rotatable bonds is 6. The van der Waals surface area contributed by atoms with Crippen molar-refractivity contribution in [3.05, 3.63) is 56.7 Å². The molecule has 120 valence electrons. The van der Waals surface area contributed by atoms with E-state index in [9.17, 15) is 15.2 Å². The molecular formula is C16H14Br2N2O3. The number of aromatic nitrogens is 1. The first kappa shape index (κ1) is 17.7. The van der Waals surface area contributed by atoms with Crippen LogP contribution in [0.5, 0.6) is 0 Å². The largest absolute Gasteiger partial charge is 0.460 e. The normalized spacial score (nSPS) is 11.7. The Morgan fingerprint density at radius 3 is 2.65 bits per heavy atom. The number of nitriles is 1. The average molecular weight is 442 g/mol. The summed E-state index contributed by atoms with van der Waals surface area (Å²) in [6, 6.07) is 12.1. The highest BCUT2D eigenvalue weighted by Crippen LogP contribution is 2.31. The molecular weight excluding hydrogens is 428 g/mol. The van der Waals surface area contributed by atoms with E-state index in [4.69, 9.17) is 4.74 Å². The molecule has 0 aliphatic heterocycles. The predicted octanol–water partition coefficient (Wildman–Crippen LogP) is 3.67. The quantitative estimate of drug-likeness (QED) is 0.694. The van der Waals surface area contributed by atoms with E-state index in [0.717, 1.165) is 4.47 Å². The number of esters is 1. The highest BCUT2D eigenvalue weighted by Gasteiger charge is 2.21. The molecule has 0 radical (unpaired) electrons. The van der Waals surface area contributed by atoms with E-state index in [1.54, 1.807) is 34.9 Å². The molecule has 0 spiro atoms. The van der Waals surface area contributed by atoms with Gasteiger partial charge in [0.2, 0.25) is 0 Å². The van der Waals surface area contributed by atoms with Crippen molar-refractivity contribution in [3.63, 3.8) is 0 Å². The molecule has 1 N–H and O–H groups in total. The third-order valence-corrected chi connectivity index (χ3v) is 5.24. The SMILES string of the molecule is N#Cc1cc(Br)c(Br)n1[C@@H](CCO)COC(=O)c1ccccc1. The maximum Gasteiger partial charge on any atom is 0.338 e. The first-order valence-corrected chi connectivity index (χ1v) is 8.46. The van der Waals surface area contributed by atoms with Crippen LogP contribution in [0.3, 0.4) is 0 Å². The Labute approximate surface area is 150 Å². The minimum Gasteiger partial charge on any atom is -0.460 e. The van der Waals surface area contributed by atoms with Crippen molar-refractivity contribution in [3.8, 4) is 6.07 Å². The summed E-state index contributed by atoms with van der Waals surface area (Å²) in [6.45, 7) is -0.0245. The molecule has 1 aromatic heterocycles. The van der Waals surface area contributed by atoms with E-state index < -0.39 is 5.97 Å². The molecule has 0 aliphatic carbocycles. The van der Waals surface area contributed by atoms with Gasteiger partial charge in [0.25, 0.3) is 0 Å². The van der Waals surface area contributed by atoms with Crippen LogP contribution in [0.2, 0.25) is 0 Å². The molecule has 0 saturated heterocycles. The minimum atomic E-state index is -0.436. The van der Waals surface area contributed by atoms with Crippen LogP contribution >= 0.6 is 31.9 Å². The van der Waals surface area contributed by atoms with E-state index >= 15 is 0 Å². The molecule has 0 fully saturated rings. The van der Waals surface area contributed by atoms with Crippen molar-refractivity contribution in [1.29, 1.82) is 5.26 Å². The lowest BCUT2D eigenvalue weighted by Crippen LogP contribution is -2.21. The van der Waals surface area contributed by atoms with Crippen LogP contribution in [0.1, 0.15) is 28.5 Å². The van der Waals surface area contributed by atoms with Gasteiger partial charge >= 0.3 is 5.97 Å². The highest BCUT2D eigenvalue weighted by molar-refractivity contribution is 9.13. The Bertz CT molecular complexity index is 723. The smallest absolute Gasteiger partial charge is 0.338 e. The lowest BCUT2D eigenvalue weighted by atomic mass is 10.2. The van der Waals surface area contributed by atoms with E-state index in [1.165, 1.54) is 0 Å². The summed E-state index contributed by atoms with van der Waals surface area (Å²) >= 11 is 6.76. The summed E-state index contributed by atoms with van der Waals surface area (Å²) in [7, 11) is 0. The van der Waals surface area contributed by atoms with E-state index in [0.29, 0.717) is 22.3 Å². The summed E-state index contributed by atoms with van der Waals surface area (Å²) in [5.74, 6) is -0.436. The average Bonchev–Trinajstić information content (AvgIpc) is 2.86. The molecule has 5 nitrogen and oxygen atoms in total. The maximum absolute atomic E-state index is 12.0. The van der Waals surface area contributed by atoms with Crippen molar-refractivity contribution in [2.45, 2.75) is 12.5 Å². The number of carbonyl (C=O) groups excluding carboxylic acids is 1. The summed E-state index contributed by atoms with van der Waals surface area (Å²) in [5, 5.41) is 18.5. The van der Waals surface area contributed by atoms with E-state index in [1.807, 2.05) is 6.07 Å². The van der Waals surface area contributed by atoms with Gasteiger partial charge in [-0.15, -0.1) is 0 Å². The van der Waals surface area contributed by atoms with Crippen molar-refractivity contribution >= 4 is 37.8 Å². The Morgan fingerprint density at radius 2 is 2.04 bits per heavy atom. The van der Waals surface area contributed by atoms with Gasteiger partial charge in [0.05, 0.1) is 16.1 Å². The lowest BCUT2D eigenvalue weighted by molar-refractivity contribution is 0.0426. The monoisotopic (exact) mass is 440 g/mol. The second-order valence-electron chi connectivity index (χ2n) is 4.78. The Kier molecular flexibility index (Phi) is 6.39. The summed E-state index contributed by atoms with van der Waals surface area (Å²) < 4.78 is 8.45. The number of benzene rings is 1. The molecule has 1 aromatic carbocycles. The topological polar surface area (TPSA) is 75.2 Å². The fourth-order valence-corrected chi connectivity index (χ4v) is 3.18. The van der Waals surface area contributed by atoms with Gasteiger partial charge in [-0.3, -0.25) is 0 Å². The molecule has 0 saturated carbocycles. The number of aliphatic hydroxyl groups is 1. The molecule has 0 aliphatic rings. The zero-order chi connectivity index (χ0) is 16.8. The molecule has 2 aromatic rings. The Morgan fingerprint density at radius 1 is 1.35 bits per heavy atom. The van der Waals surface area contributed by atoms with Crippen LogP contribution in [0.4, 0.5) is 0 Å². The third-order valence-electron chi connectivity index (χ3n) is 3.29. The third kappa shape index (κ3) is 4.22. The Hall–Kier alpha value is -1.62. The van der Waals surface area contributed by atoms with Gasteiger partial charge in [0.1, 0.15) is 23.0 Å². The first-order chi connectivity index (χ1) is 11.1. The molecule has 0 unspecified atom stereocenters. The first-order valence-electron chi connectivity index (χ1n) is 6.87. The van der Waals surface area contributed by atoms with Crippen LogP contribution in [-0.2, 0) is 4.74 Å². The fraction of sp³-hybridized carbons (Fsp3) is 0.250. The maximum atomic E-state index is 12.0. The summed E-state index contributed by atoms with van der Waals surface area (Å²) in [5.41, 5.74) is 0.876. The van der Waals surface area contributed by atoms with Gasteiger partial charge in [-0.2, -0.15) is 5.26 Å². The van der Waals surface area contributed by atoms with Crippen LogP contribution < -0.4 is 0 Å². The molecule has 2 rings (SSSR count). The van der Waals surface area contributed by atoms with Crippen LogP contribution in [-0.4, -0.2) is 28.9 Å². The van der Waals surface area contributed by atoms with Crippen molar-refractivity contribution in [1.82, 2.24) is 4.57 Å². The number of halogens is 2. The molecule has 23 heavy (non-hydrogen) atoms. The van der Waals surface area contributed by atoms with Crippen LogP contribution in [0.25, 0.3) is 0 Å². The minimum absolute atomic E-state index is 0.0582. The van der Waals surface area contributed by atoms with E-state index in [2.05, 4.69) is 37.9 Å². The number of nitrogens with zero attached hydrogens (tertiary/aromatic N) is 2.